The fourth-order valence-corrected chi connectivity index (χ4v) is 2.03. The van der Waals surface area contributed by atoms with Crippen molar-refractivity contribution in [3.05, 3.63) is 71.3 Å². The second kappa shape index (κ2) is 5.47. The minimum atomic E-state index is -1.48. The van der Waals surface area contributed by atoms with Crippen LogP contribution in [0.25, 0.3) is 0 Å². The Labute approximate surface area is 110 Å². The molecular formula is C15H15F2NO. The summed E-state index contributed by atoms with van der Waals surface area (Å²) in [7, 11) is 0. The monoisotopic (exact) mass is 263 g/mol. The first kappa shape index (κ1) is 13.6. The first-order chi connectivity index (χ1) is 9.07. The van der Waals surface area contributed by atoms with E-state index in [1.165, 1.54) is 18.2 Å². The van der Waals surface area contributed by atoms with Gasteiger partial charge in [0.15, 0.2) is 0 Å². The second-order valence-corrected chi connectivity index (χ2v) is 4.48. The molecule has 0 fully saturated rings. The van der Waals surface area contributed by atoms with Gasteiger partial charge < -0.3 is 10.8 Å². The molecule has 2 aromatic carbocycles. The Hall–Kier alpha value is -1.78. The lowest BCUT2D eigenvalue weighted by molar-refractivity contribution is 0.0444. The van der Waals surface area contributed by atoms with Gasteiger partial charge in [-0.05, 0) is 17.7 Å². The topological polar surface area (TPSA) is 46.2 Å². The van der Waals surface area contributed by atoms with Crippen LogP contribution < -0.4 is 5.73 Å². The van der Waals surface area contributed by atoms with Crippen LogP contribution in [0.3, 0.4) is 0 Å². The van der Waals surface area contributed by atoms with Crippen molar-refractivity contribution in [1.29, 1.82) is 0 Å². The molecule has 0 amide bonds. The molecule has 0 aliphatic carbocycles. The summed E-state index contributed by atoms with van der Waals surface area (Å²) >= 11 is 0. The zero-order valence-corrected chi connectivity index (χ0v) is 10.3. The smallest absolute Gasteiger partial charge is 0.129 e. The molecular weight excluding hydrogens is 248 g/mol. The molecule has 0 aliphatic heterocycles. The van der Waals surface area contributed by atoms with E-state index in [0.29, 0.717) is 5.56 Å². The number of hydrogen-bond donors (Lipinski definition) is 2. The summed E-state index contributed by atoms with van der Waals surface area (Å²) < 4.78 is 27.3. The maximum Gasteiger partial charge on any atom is 0.129 e. The Morgan fingerprint density at radius 1 is 0.947 bits per heavy atom. The van der Waals surface area contributed by atoms with E-state index in [2.05, 4.69) is 0 Å². The third-order valence-electron chi connectivity index (χ3n) is 3.18. The molecule has 2 aromatic rings. The van der Waals surface area contributed by atoms with E-state index in [-0.39, 0.29) is 18.5 Å². The summed E-state index contributed by atoms with van der Waals surface area (Å²) in [6, 6.07) is 12.3. The van der Waals surface area contributed by atoms with Gasteiger partial charge in [0, 0.05) is 18.5 Å². The minimum absolute atomic E-state index is 0.120. The van der Waals surface area contributed by atoms with Crippen LogP contribution in [-0.2, 0) is 12.0 Å². The van der Waals surface area contributed by atoms with E-state index < -0.39 is 17.2 Å². The lowest BCUT2D eigenvalue weighted by Crippen LogP contribution is -2.37. The van der Waals surface area contributed by atoms with E-state index in [1.54, 1.807) is 30.3 Å². The van der Waals surface area contributed by atoms with Crippen molar-refractivity contribution in [1.82, 2.24) is 0 Å². The van der Waals surface area contributed by atoms with E-state index in [4.69, 9.17) is 5.73 Å². The molecule has 0 aliphatic rings. The minimum Gasteiger partial charge on any atom is -0.383 e. The predicted molar refractivity (Wildman–Crippen MR) is 69.5 cm³/mol. The summed E-state index contributed by atoms with van der Waals surface area (Å²) in [5, 5.41) is 10.5. The molecule has 100 valence electrons. The standard InChI is InChI=1S/C15H15F2NO/c16-13-7-4-8-14(17)12(13)9-15(19,10-18)11-5-2-1-3-6-11/h1-8,19H,9-10,18H2. The zero-order chi connectivity index (χ0) is 13.9. The largest absolute Gasteiger partial charge is 0.383 e. The summed E-state index contributed by atoms with van der Waals surface area (Å²) in [6.07, 6.45) is -0.202. The Bertz CT molecular complexity index is 539. The third kappa shape index (κ3) is 2.80. The van der Waals surface area contributed by atoms with Crippen LogP contribution in [0.5, 0.6) is 0 Å². The van der Waals surface area contributed by atoms with Crippen molar-refractivity contribution >= 4 is 0 Å². The Morgan fingerprint density at radius 3 is 2.05 bits per heavy atom. The lowest BCUT2D eigenvalue weighted by Gasteiger charge is -2.27. The number of halogens is 2. The lowest BCUT2D eigenvalue weighted by atomic mass is 9.87. The Kier molecular flexibility index (Phi) is 3.93. The highest BCUT2D eigenvalue weighted by Crippen LogP contribution is 2.27. The van der Waals surface area contributed by atoms with Crippen LogP contribution in [0.1, 0.15) is 11.1 Å². The van der Waals surface area contributed by atoms with Crippen molar-refractivity contribution in [2.24, 2.45) is 5.73 Å². The van der Waals surface area contributed by atoms with Crippen molar-refractivity contribution in [2.45, 2.75) is 12.0 Å². The van der Waals surface area contributed by atoms with Gasteiger partial charge in [0.1, 0.15) is 17.2 Å². The molecule has 1 atom stereocenters. The molecule has 19 heavy (non-hydrogen) atoms. The fraction of sp³-hybridized carbons (Fsp3) is 0.200. The van der Waals surface area contributed by atoms with Gasteiger partial charge >= 0.3 is 0 Å². The number of hydrogen-bond acceptors (Lipinski definition) is 2. The van der Waals surface area contributed by atoms with Gasteiger partial charge in [0.25, 0.3) is 0 Å². The molecule has 0 spiro atoms. The summed E-state index contributed by atoms with van der Waals surface area (Å²) in [6.45, 7) is -0.120. The molecule has 3 N–H and O–H groups in total. The summed E-state index contributed by atoms with van der Waals surface area (Å²) in [5.74, 6) is -1.36. The maximum absolute atomic E-state index is 13.6. The molecule has 4 heteroatoms. The average Bonchev–Trinajstić information content (AvgIpc) is 2.44. The Balaban J connectivity index is 2.39. The third-order valence-corrected chi connectivity index (χ3v) is 3.18. The quantitative estimate of drug-likeness (QED) is 0.889. The second-order valence-electron chi connectivity index (χ2n) is 4.48. The number of aliphatic hydroxyl groups is 1. The molecule has 0 heterocycles. The van der Waals surface area contributed by atoms with Gasteiger partial charge in [0.05, 0.1) is 0 Å². The van der Waals surface area contributed by atoms with Crippen LogP contribution in [0, 0.1) is 11.6 Å². The van der Waals surface area contributed by atoms with Crippen LogP contribution in [-0.4, -0.2) is 11.7 Å². The molecule has 1 unspecified atom stereocenters. The van der Waals surface area contributed by atoms with E-state index in [9.17, 15) is 13.9 Å². The molecule has 0 aromatic heterocycles. The zero-order valence-electron chi connectivity index (χ0n) is 10.3. The van der Waals surface area contributed by atoms with Crippen LogP contribution in [0.2, 0.25) is 0 Å². The highest BCUT2D eigenvalue weighted by molar-refractivity contribution is 5.28. The molecule has 0 radical (unpaired) electrons. The van der Waals surface area contributed by atoms with Gasteiger partial charge in [-0.2, -0.15) is 0 Å². The van der Waals surface area contributed by atoms with Gasteiger partial charge in [-0.1, -0.05) is 36.4 Å². The van der Waals surface area contributed by atoms with Gasteiger partial charge in [0.2, 0.25) is 0 Å². The molecule has 0 bridgehead atoms. The number of rotatable bonds is 4. The van der Waals surface area contributed by atoms with Crippen LogP contribution >= 0.6 is 0 Å². The van der Waals surface area contributed by atoms with Crippen LogP contribution in [0.4, 0.5) is 8.78 Å². The predicted octanol–water partition coefficient (Wildman–Crippen LogP) is 2.35. The average molecular weight is 263 g/mol. The highest BCUT2D eigenvalue weighted by atomic mass is 19.1. The van der Waals surface area contributed by atoms with Gasteiger partial charge in [-0.3, -0.25) is 0 Å². The van der Waals surface area contributed by atoms with E-state index in [0.717, 1.165) is 0 Å². The maximum atomic E-state index is 13.6. The normalized spacial score (nSPS) is 14.1. The van der Waals surface area contributed by atoms with Crippen LogP contribution in [0.15, 0.2) is 48.5 Å². The molecule has 2 nitrogen and oxygen atoms in total. The first-order valence-corrected chi connectivity index (χ1v) is 5.98. The van der Waals surface area contributed by atoms with Crippen molar-refractivity contribution < 1.29 is 13.9 Å². The highest BCUT2D eigenvalue weighted by Gasteiger charge is 2.30. The van der Waals surface area contributed by atoms with Gasteiger partial charge in [-0.15, -0.1) is 0 Å². The molecule has 2 rings (SSSR count). The molecule has 0 saturated carbocycles. The van der Waals surface area contributed by atoms with Gasteiger partial charge in [-0.25, -0.2) is 8.78 Å². The SMILES string of the molecule is NCC(O)(Cc1c(F)cccc1F)c1ccccc1. The molecule has 0 saturated heterocycles. The van der Waals surface area contributed by atoms with E-state index in [1.807, 2.05) is 0 Å². The number of benzene rings is 2. The van der Waals surface area contributed by atoms with Crippen molar-refractivity contribution in [3.8, 4) is 0 Å². The summed E-state index contributed by atoms with van der Waals surface area (Å²) in [5.41, 5.74) is 4.50. The van der Waals surface area contributed by atoms with E-state index >= 15 is 0 Å². The first-order valence-electron chi connectivity index (χ1n) is 5.98. The fourth-order valence-electron chi connectivity index (χ4n) is 2.03. The van der Waals surface area contributed by atoms with Crippen molar-refractivity contribution in [2.75, 3.05) is 6.54 Å². The number of nitrogens with two attached hydrogens (primary N) is 1. The van der Waals surface area contributed by atoms with Crippen molar-refractivity contribution in [3.63, 3.8) is 0 Å². The summed E-state index contributed by atoms with van der Waals surface area (Å²) in [4.78, 5) is 0. The Morgan fingerprint density at radius 2 is 1.53 bits per heavy atom.